The van der Waals surface area contributed by atoms with E-state index in [0.29, 0.717) is 13.0 Å². The Kier molecular flexibility index (Phi) is 6.23. The summed E-state index contributed by atoms with van der Waals surface area (Å²) in [5.74, 6) is -0.0541. The maximum atomic E-state index is 13.6. The quantitative estimate of drug-likeness (QED) is 0.838. The van der Waals surface area contributed by atoms with Gasteiger partial charge in [0.2, 0.25) is 5.91 Å². The van der Waals surface area contributed by atoms with Crippen molar-refractivity contribution in [3.63, 3.8) is 0 Å². The second kappa shape index (κ2) is 8.86. The number of carbonyl (C=O) groups excluding carboxylic acids is 2. The monoisotopic (exact) mass is 398 g/mol. The van der Waals surface area contributed by atoms with Gasteiger partial charge in [-0.3, -0.25) is 9.59 Å². The van der Waals surface area contributed by atoms with Crippen LogP contribution in [0.1, 0.15) is 80.6 Å². The van der Waals surface area contributed by atoms with E-state index in [4.69, 9.17) is 4.74 Å². The Morgan fingerprint density at radius 1 is 1.10 bits per heavy atom. The molecule has 2 aliphatic heterocycles. The molecule has 0 aromatic heterocycles. The molecule has 1 aliphatic carbocycles. The minimum absolute atomic E-state index is 0.0103. The van der Waals surface area contributed by atoms with E-state index in [0.717, 1.165) is 43.4 Å². The van der Waals surface area contributed by atoms with Gasteiger partial charge in [0.25, 0.3) is 5.91 Å². The van der Waals surface area contributed by atoms with Gasteiger partial charge in [-0.15, -0.1) is 0 Å². The van der Waals surface area contributed by atoms with Crippen molar-refractivity contribution < 1.29 is 14.3 Å². The first-order valence-electron chi connectivity index (χ1n) is 11.4. The van der Waals surface area contributed by atoms with Crippen molar-refractivity contribution in [2.24, 2.45) is 0 Å². The summed E-state index contributed by atoms with van der Waals surface area (Å²) in [5, 5.41) is 3.33. The molecule has 4 rings (SSSR count). The van der Waals surface area contributed by atoms with Crippen LogP contribution in [0.2, 0.25) is 0 Å². The number of rotatable bonds is 4. The summed E-state index contributed by atoms with van der Waals surface area (Å²) < 4.78 is 5.82. The standard InChI is InChI=1S/C24H34N2O3/c1-24(23(28)25-19-11-5-3-2-4-6-12-19)16-18-10-7-8-14-21(18)22(27)26(24)17-20-13-9-15-29-20/h7-8,10,14,19-20H,2-6,9,11-13,15-17H2,1H3,(H,25,28)/t20-,24-/m1/s1. The SMILES string of the molecule is C[C@]1(C(=O)NC2CCCCCCC2)Cc2ccccc2C(=O)N1C[C@H]1CCCO1. The van der Waals surface area contributed by atoms with Gasteiger partial charge in [-0.1, -0.05) is 50.3 Å². The number of amides is 2. The van der Waals surface area contributed by atoms with Gasteiger partial charge < -0.3 is 15.0 Å². The van der Waals surface area contributed by atoms with E-state index in [1.165, 1.54) is 32.1 Å². The normalized spacial score (nSPS) is 28.5. The van der Waals surface area contributed by atoms with Gasteiger partial charge in [0.15, 0.2) is 0 Å². The fourth-order valence-electron chi connectivity index (χ4n) is 5.14. The topological polar surface area (TPSA) is 58.6 Å². The number of benzene rings is 1. The van der Waals surface area contributed by atoms with Crippen LogP contribution >= 0.6 is 0 Å². The third-order valence-electron chi connectivity index (χ3n) is 6.96. The summed E-state index contributed by atoms with van der Waals surface area (Å²) in [6.07, 6.45) is 10.8. The number of nitrogens with one attached hydrogen (secondary N) is 1. The number of carbonyl (C=O) groups is 2. The van der Waals surface area contributed by atoms with Gasteiger partial charge in [0.1, 0.15) is 5.54 Å². The zero-order valence-corrected chi connectivity index (χ0v) is 17.6. The number of nitrogens with zero attached hydrogens (tertiary/aromatic N) is 1. The molecule has 5 nitrogen and oxygen atoms in total. The summed E-state index contributed by atoms with van der Waals surface area (Å²) in [4.78, 5) is 28.8. The Labute approximate surface area is 174 Å². The highest BCUT2D eigenvalue weighted by atomic mass is 16.5. The van der Waals surface area contributed by atoms with Crippen LogP contribution in [0.15, 0.2) is 24.3 Å². The number of ether oxygens (including phenoxy) is 1. The fourth-order valence-corrected chi connectivity index (χ4v) is 5.14. The molecule has 0 spiro atoms. The Morgan fingerprint density at radius 3 is 2.55 bits per heavy atom. The molecule has 0 bridgehead atoms. The highest BCUT2D eigenvalue weighted by Crippen LogP contribution is 2.33. The largest absolute Gasteiger partial charge is 0.376 e. The van der Waals surface area contributed by atoms with Crippen molar-refractivity contribution in [2.45, 2.75) is 88.8 Å². The van der Waals surface area contributed by atoms with Crippen LogP contribution in [0.3, 0.4) is 0 Å². The van der Waals surface area contributed by atoms with E-state index in [9.17, 15) is 9.59 Å². The van der Waals surface area contributed by atoms with E-state index in [2.05, 4.69) is 5.32 Å². The third kappa shape index (κ3) is 4.35. The highest BCUT2D eigenvalue weighted by Gasteiger charge is 2.48. The van der Waals surface area contributed by atoms with Crippen LogP contribution in [0.25, 0.3) is 0 Å². The summed E-state index contributed by atoms with van der Waals surface area (Å²) in [5.41, 5.74) is 0.817. The third-order valence-corrected chi connectivity index (χ3v) is 6.96. The maximum Gasteiger partial charge on any atom is 0.255 e. The summed E-state index contributed by atoms with van der Waals surface area (Å²) in [7, 11) is 0. The molecule has 1 aromatic rings. The average Bonchev–Trinajstić information content (AvgIpc) is 3.20. The molecule has 2 heterocycles. The molecule has 158 valence electrons. The van der Waals surface area contributed by atoms with Crippen LogP contribution < -0.4 is 5.32 Å². The molecule has 1 saturated heterocycles. The van der Waals surface area contributed by atoms with E-state index in [1.54, 1.807) is 4.90 Å². The predicted octanol–water partition coefficient (Wildman–Crippen LogP) is 3.85. The van der Waals surface area contributed by atoms with Crippen molar-refractivity contribution in [1.29, 1.82) is 0 Å². The first kappa shape index (κ1) is 20.4. The Balaban J connectivity index is 1.57. The van der Waals surface area contributed by atoms with Crippen molar-refractivity contribution in [3.05, 3.63) is 35.4 Å². The molecular formula is C24H34N2O3. The molecule has 2 atom stereocenters. The highest BCUT2D eigenvalue weighted by molar-refractivity contribution is 6.02. The lowest BCUT2D eigenvalue weighted by atomic mass is 9.82. The molecule has 1 N–H and O–H groups in total. The van der Waals surface area contributed by atoms with Crippen molar-refractivity contribution in [1.82, 2.24) is 10.2 Å². The lowest BCUT2D eigenvalue weighted by molar-refractivity contribution is -0.133. The second-order valence-electron chi connectivity index (χ2n) is 9.17. The Morgan fingerprint density at radius 2 is 1.83 bits per heavy atom. The molecule has 0 radical (unpaired) electrons. The zero-order valence-electron chi connectivity index (χ0n) is 17.6. The van der Waals surface area contributed by atoms with Crippen LogP contribution in [-0.2, 0) is 16.0 Å². The van der Waals surface area contributed by atoms with Crippen molar-refractivity contribution in [2.75, 3.05) is 13.2 Å². The van der Waals surface area contributed by atoms with Crippen LogP contribution in [-0.4, -0.2) is 47.6 Å². The molecule has 0 unspecified atom stereocenters. The lowest BCUT2D eigenvalue weighted by Gasteiger charge is -2.45. The summed E-state index contributed by atoms with van der Waals surface area (Å²) in [6, 6.07) is 7.94. The first-order chi connectivity index (χ1) is 14.1. The van der Waals surface area contributed by atoms with E-state index in [-0.39, 0.29) is 24.0 Å². The fraction of sp³-hybridized carbons (Fsp3) is 0.667. The van der Waals surface area contributed by atoms with E-state index in [1.807, 2.05) is 31.2 Å². The van der Waals surface area contributed by atoms with Gasteiger partial charge in [0, 0.05) is 31.2 Å². The molecule has 1 aromatic carbocycles. The number of hydrogen-bond donors (Lipinski definition) is 1. The minimum atomic E-state index is -0.875. The average molecular weight is 399 g/mol. The summed E-state index contributed by atoms with van der Waals surface area (Å²) in [6.45, 7) is 3.17. The zero-order chi connectivity index (χ0) is 20.3. The number of fused-ring (bicyclic) bond motifs is 1. The molecule has 29 heavy (non-hydrogen) atoms. The lowest BCUT2D eigenvalue weighted by Crippen LogP contribution is -2.64. The van der Waals surface area contributed by atoms with E-state index >= 15 is 0 Å². The van der Waals surface area contributed by atoms with Gasteiger partial charge >= 0.3 is 0 Å². The Bertz CT molecular complexity index is 735. The second-order valence-corrected chi connectivity index (χ2v) is 9.17. The number of hydrogen-bond acceptors (Lipinski definition) is 3. The van der Waals surface area contributed by atoms with Crippen molar-refractivity contribution in [3.8, 4) is 0 Å². The van der Waals surface area contributed by atoms with Crippen molar-refractivity contribution >= 4 is 11.8 Å². The van der Waals surface area contributed by atoms with Gasteiger partial charge in [-0.2, -0.15) is 0 Å². The van der Waals surface area contributed by atoms with Crippen LogP contribution in [0.5, 0.6) is 0 Å². The maximum absolute atomic E-state index is 13.6. The smallest absolute Gasteiger partial charge is 0.255 e. The molecule has 2 amide bonds. The van der Waals surface area contributed by atoms with E-state index < -0.39 is 5.54 Å². The van der Waals surface area contributed by atoms with Gasteiger partial charge in [0.05, 0.1) is 6.10 Å². The van der Waals surface area contributed by atoms with Crippen LogP contribution in [0.4, 0.5) is 0 Å². The molecule has 1 saturated carbocycles. The first-order valence-corrected chi connectivity index (χ1v) is 11.4. The van der Waals surface area contributed by atoms with Gasteiger partial charge in [-0.25, -0.2) is 0 Å². The molecule has 3 aliphatic rings. The molecule has 2 fully saturated rings. The Hall–Kier alpha value is -1.88. The predicted molar refractivity (Wildman–Crippen MR) is 113 cm³/mol. The summed E-state index contributed by atoms with van der Waals surface area (Å²) >= 11 is 0. The van der Waals surface area contributed by atoms with Gasteiger partial charge in [-0.05, 0) is 44.2 Å². The minimum Gasteiger partial charge on any atom is -0.376 e. The molecule has 5 heteroatoms. The molecular weight excluding hydrogens is 364 g/mol. The van der Waals surface area contributed by atoms with Crippen LogP contribution in [0, 0.1) is 0 Å².